The molecule has 13 nitrogen and oxygen atoms in total. The molecule has 0 aromatic heterocycles. The predicted octanol–water partition coefficient (Wildman–Crippen LogP) is 2.28. The summed E-state index contributed by atoms with van der Waals surface area (Å²) in [6, 6.07) is 2.58. The van der Waals surface area contributed by atoms with Gasteiger partial charge in [-0.1, -0.05) is 5.11 Å². The third kappa shape index (κ3) is 10.3. The average Bonchev–Trinajstić information content (AvgIpc) is 2.77. The zero-order chi connectivity index (χ0) is 23.8. The molecule has 178 valence electrons. The molecule has 1 unspecified atom stereocenters. The smallest absolute Gasteiger partial charge is 0.279 e. The number of aliphatic hydroxyl groups is 1. The second-order valence-corrected chi connectivity index (χ2v) is 6.48. The van der Waals surface area contributed by atoms with Crippen molar-refractivity contribution in [1.82, 2.24) is 5.32 Å². The Morgan fingerprint density at radius 3 is 2.59 bits per heavy atom. The van der Waals surface area contributed by atoms with Crippen LogP contribution in [0.4, 0.5) is 5.69 Å². The van der Waals surface area contributed by atoms with E-state index in [1.807, 2.05) is 0 Å². The van der Waals surface area contributed by atoms with Crippen LogP contribution in [0.2, 0.25) is 0 Å². The molecule has 1 amide bonds. The molecule has 0 aliphatic rings. The minimum absolute atomic E-state index is 0.115. The van der Waals surface area contributed by atoms with Gasteiger partial charge in [-0.2, -0.15) is 0 Å². The van der Waals surface area contributed by atoms with Gasteiger partial charge in [0.15, 0.2) is 11.5 Å². The number of benzene rings is 1. The second-order valence-electron chi connectivity index (χ2n) is 6.48. The highest BCUT2D eigenvalue weighted by atomic mass is 16.6. The van der Waals surface area contributed by atoms with E-state index < -0.39 is 11.0 Å². The van der Waals surface area contributed by atoms with Crippen LogP contribution in [0.25, 0.3) is 10.4 Å². The molecule has 0 heterocycles. The Morgan fingerprint density at radius 2 is 1.97 bits per heavy atom. The largest absolute Gasteiger partial charge is 0.493 e. The fourth-order valence-corrected chi connectivity index (χ4v) is 2.57. The molecule has 1 aromatic carbocycles. The van der Waals surface area contributed by atoms with Crippen molar-refractivity contribution >= 4 is 11.6 Å². The lowest BCUT2D eigenvalue weighted by atomic mass is 10.1. The lowest BCUT2D eigenvalue weighted by Crippen LogP contribution is -2.27. The number of amides is 1. The zero-order valence-electron chi connectivity index (χ0n) is 18.2. The Kier molecular flexibility index (Phi) is 13.2. The average molecular weight is 455 g/mol. The van der Waals surface area contributed by atoms with Gasteiger partial charge in [-0.3, -0.25) is 14.9 Å². The van der Waals surface area contributed by atoms with Crippen molar-refractivity contribution in [3.63, 3.8) is 0 Å². The highest BCUT2D eigenvalue weighted by Gasteiger charge is 2.22. The molecule has 0 saturated heterocycles. The summed E-state index contributed by atoms with van der Waals surface area (Å²) < 4.78 is 21.2. The standard InChI is InChI=1S/C19H29N5O8/c1-14(25)15-12-18(17(29-2)13-16(15)24(27)28)32-7-3-4-19(26)21-5-8-30-10-11-31-9-6-22-23-20/h12-14,25H,3-11H2,1-2H3,(H,21,26). The Morgan fingerprint density at radius 1 is 1.25 bits per heavy atom. The Labute approximate surface area is 185 Å². The van der Waals surface area contributed by atoms with E-state index in [4.69, 9.17) is 24.5 Å². The van der Waals surface area contributed by atoms with Gasteiger partial charge in [-0.15, -0.1) is 0 Å². The SMILES string of the molecule is COc1cc([N+](=O)[O-])c(C(C)O)cc1OCCCC(=O)NCCOCCOCCN=[N+]=[N-]. The van der Waals surface area contributed by atoms with Crippen molar-refractivity contribution in [3.05, 3.63) is 38.3 Å². The Balaban J connectivity index is 2.28. The molecule has 2 N–H and O–H groups in total. The number of hydrogen-bond donors (Lipinski definition) is 2. The molecular formula is C19H29N5O8. The van der Waals surface area contributed by atoms with Crippen molar-refractivity contribution < 1.29 is 33.8 Å². The van der Waals surface area contributed by atoms with Crippen molar-refractivity contribution in [2.75, 3.05) is 53.2 Å². The highest BCUT2D eigenvalue weighted by molar-refractivity contribution is 5.75. The van der Waals surface area contributed by atoms with Crippen LogP contribution in [0.1, 0.15) is 31.4 Å². The number of nitro benzene ring substituents is 1. The van der Waals surface area contributed by atoms with Gasteiger partial charge in [0.1, 0.15) is 0 Å². The van der Waals surface area contributed by atoms with Crippen LogP contribution in [0.15, 0.2) is 17.2 Å². The quantitative estimate of drug-likeness (QED) is 0.0896. The number of methoxy groups -OCH3 is 1. The van der Waals surface area contributed by atoms with E-state index in [9.17, 15) is 20.0 Å². The summed E-state index contributed by atoms with van der Waals surface area (Å²) in [6.07, 6.45) is -0.419. The zero-order valence-corrected chi connectivity index (χ0v) is 18.2. The number of nitro groups is 1. The Hall–Kier alpha value is -3.12. The van der Waals surface area contributed by atoms with E-state index in [0.29, 0.717) is 39.4 Å². The molecule has 0 fully saturated rings. The predicted molar refractivity (Wildman–Crippen MR) is 114 cm³/mol. The van der Waals surface area contributed by atoms with Gasteiger partial charge < -0.3 is 29.4 Å². The van der Waals surface area contributed by atoms with E-state index in [0.717, 1.165) is 0 Å². The number of ether oxygens (including phenoxy) is 4. The fourth-order valence-electron chi connectivity index (χ4n) is 2.57. The maximum absolute atomic E-state index is 11.9. The summed E-state index contributed by atoms with van der Waals surface area (Å²) in [4.78, 5) is 25.0. The number of carbonyl (C=O) groups is 1. The van der Waals surface area contributed by atoms with Gasteiger partial charge in [-0.05, 0) is 24.9 Å². The number of nitrogens with zero attached hydrogens (tertiary/aromatic N) is 4. The molecule has 0 saturated carbocycles. The third-order valence-electron chi connectivity index (χ3n) is 4.10. The lowest BCUT2D eigenvalue weighted by Gasteiger charge is -2.14. The molecule has 0 spiro atoms. The molecule has 0 bridgehead atoms. The van der Waals surface area contributed by atoms with Crippen LogP contribution in [-0.4, -0.2) is 69.2 Å². The van der Waals surface area contributed by atoms with Crippen LogP contribution in [0.5, 0.6) is 11.5 Å². The summed E-state index contributed by atoms with van der Waals surface area (Å²) in [5.74, 6) is 0.261. The van der Waals surface area contributed by atoms with Gasteiger partial charge in [0.25, 0.3) is 5.69 Å². The van der Waals surface area contributed by atoms with Crippen molar-refractivity contribution in [1.29, 1.82) is 0 Å². The van der Waals surface area contributed by atoms with E-state index in [-0.39, 0.29) is 48.2 Å². The van der Waals surface area contributed by atoms with Gasteiger partial charge in [0, 0.05) is 24.4 Å². The number of rotatable bonds is 17. The van der Waals surface area contributed by atoms with Gasteiger partial charge in [0.2, 0.25) is 5.91 Å². The lowest BCUT2D eigenvalue weighted by molar-refractivity contribution is -0.386. The van der Waals surface area contributed by atoms with E-state index in [1.165, 1.54) is 26.2 Å². The summed E-state index contributed by atoms with van der Waals surface area (Å²) >= 11 is 0. The third-order valence-corrected chi connectivity index (χ3v) is 4.10. The first kappa shape index (κ1) is 26.9. The molecular weight excluding hydrogens is 426 g/mol. The van der Waals surface area contributed by atoms with Gasteiger partial charge in [0.05, 0.1) is 62.8 Å². The minimum atomic E-state index is -1.05. The van der Waals surface area contributed by atoms with E-state index >= 15 is 0 Å². The van der Waals surface area contributed by atoms with Crippen LogP contribution >= 0.6 is 0 Å². The van der Waals surface area contributed by atoms with Crippen molar-refractivity contribution in [2.45, 2.75) is 25.9 Å². The monoisotopic (exact) mass is 455 g/mol. The maximum atomic E-state index is 11.9. The summed E-state index contributed by atoms with van der Waals surface area (Å²) in [5.41, 5.74) is 7.97. The van der Waals surface area contributed by atoms with Gasteiger partial charge >= 0.3 is 0 Å². The van der Waals surface area contributed by atoms with Crippen LogP contribution in [0.3, 0.4) is 0 Å². The molecule has 0 radical (unpaired) electrons. The maximum Gasteiger partial charge on any atom is 0.279 e. The minimum Gasteiger partial charge on any atom is -0.493 e. The number of nitrogens with one attached hydrogen (secondary N) is 1. The summed E-state index contributed by atoms with van der Waals surface area (Å²) in [7, 11) is 1.36. The second kappa shape index (κ2) is 15.6. The first-order chi connectivity index (χ1) is 15.4. The number of azide groups is 1. The summed E-state index contributed by atoms with van der Waals surface area (Å²) in [5, 5.41) is 27.0. The van der Waals surface area contributed by atoms with Crippen LogP contribution in [-0.2, 0) is 14.3 Å². The molecule has 1 atom stereocenters. The first-order valence-corrected chi connectivity index (χ1v) is 10.0. The van der Waals surface area contributed by atoms with Crippen molar-refractivity contribution in [2.24, 2.45) is 5.11 Å². The van der Waals surface area contributed by atoms with E-state index in [1.54, 1.807) is 0 Å². The molecule has 0 aliphatic heterocycles. The Bertz CT molecular complexity index is 783. The van der Waals surface area contributed by atoms with Gasteiger partial charge in [-0.25, -0.2) is 0 Å². The number of hydrogen-bond acceptors (Lipinski definition) is 9. The normalized spacial score (nSPS) is 11.3. The van der Waals surface area contributed by atoms with Crippen molar-refractivity contribution in [3.8, 4) is 11.5 Å². The van der Waals surface area contributed by atoms with E-state index in [2.05, 4.69) is 15.3 Å². The van der Waals surface area contributed by atoms with Crippen LogP contribution in [0, 0.1) is 10.1 Å². The molecule has 13 heteroatoms. The van der Waals surface area contributed by atoms with Crippen LogP contribution < -0.4 is 14.8 Å². The summed E-state index contributed by atoms with van der Waals surface area (Å²) in [6.45, 7) is 3.64. The fraction of sp³-hybridized carbons (Fsp3) is 0.632. The molecule has 1 rings (SSSR count). The molecule has 0 aliphatic carbocycles. The first-order valence-electron chi connectivity index (χ1n) is 10.0. The molecule has 32 heavy (non-hydrogen) atoms. The number of carbonyl (C=O) groups excluding carboxylic acids is 1. The topological polar surface area (TPSA) is 178 Å². The number of aliphatic hydroxyl groups excluding tert-OH is 1. The molecule has 1 aromatic rings. The highest BCUT2D eigenvalue weighted by Crippen LogP contribution is 2.37.